The van der Waals surface area contributed by atoms with E-state index in [9.17, 15) is 4.79 Å². The van der Waals surface area contributed by atoms with Crippen LogP contribution in [0.3, 0.4) is 0 Å². The largest absolute Gasteiger partial charge is 0.493 e. The van der Waals surface area contributed by atoms with Gasteiger partial charge in [0.2, 0.25) is 0 Å². The van der Waals surface area contributed by atoms with Crippen LogP contribution in [0.15, 0.2) is 58.6 Å². The van der Waals surface area contributed by atoms with E-state index in [-0.39, 0.29) is 0 Å². The topological polar surface area (TPSA) is 108 Å². The summed E-state index contributed by atoms with van der Waals surface area (Å²) in [5.74, 6) is 3.32. The van der Waals surface area contributed by atoms with Crippen LogP contribution in [-0.4, -0.2) is 35.8 Å². The van der Waals surface area contributed by atoms with Crippen molar-refractivity contribution in [1.29, 1.82) is 0 Å². The number of aromatic nitrogens is 2. The van der Waals surface area contributed by atoms with Gasteiger partial charge in [0.1, 0.15) is 17.3 Å². The standard InChI is InChI=1S/C22H21ClN4O5/c1-12-8-21(27-32-12)26-22(28)25-16-5-4-13(9-15(16)23)31-18-6-7-24-17-11-20(30-3)19(29-2)10-14(17)18/h4-8,10-11,15H,9H2,1-3H3,(H2,25,26,27,28). The van der Waals surface area contributed by atoms with E-state index in [0.717, 1.165) is 5.39 Å². The first-order valence-electron chi connectivity index (χ1n) is 9.71. The van der Waals surface area contributed by atoms with Crippen molar-refractivity contribution in [3.63, 3.8) is 0 Å². The summed E-state index contributed by atoms with van der Waals surface area (Å²) in [5.41, 5.74) is 1.25. The highest BCUT2D eigenvalue weighted by molar-refractivity contribution is 6.22. The van der Waals surface area contributed by atoms with Crippen molar-refractivity contribution in [2.75, 3.05) is 19.5 Å². The Morgan fingerprint density at radius 2 is 1.91 bits per heavy atom. The summed E-state index contributed by atoms with van der Waals surface area (Å²) in [6.07, 6.45) is 5.51. The summed E-state index contributed by atoms with van der Waals surface area (Å²) in [4.78, 5) is 16.6. The summed E-state index contributed by atoms with van der Waals surface area (Å²) < 4.78 is 21.8. The van der Waals surface area contributed by atoms with E-state index < -0.39 is 11.4 Å². The van der Waals surface area contributed by atoms with E-state index >= 15 is 0 Å². The number of anilines is 1. The molecule has 2 aromatic heterocycles. The molecular weight excluding hydrogens is 436 g/mol. The molecular formula is C22H21ClN4O5. The molecule has 0 spiro atoms. The maximum atomic E-state index is 12.2. The van der Waals surface area contributed by atoms with Gasteiger partial charge in [-0.15, -0.1) is 11.6 Å². The molecule has 1 aliphatic rings. The zero-order valence-electron chi connectivity index (χ0n) is 17.6. The normalized spacial score (nSPS) is 15.6. The molecule has 1 unspecified atom stereocenters. The van der Waals surface area contributed by atoms with Crippen molar-refractivity contribution in [3.05, 3.63) is 59.8 Å². The highest BCUT2D eigenvalue weighted by atomic mass is 35.5. The number of ether oxygens (including phenoxy) is 3. The number of carbonyl (C=O) groups excluding carboxylic acids is 1. The maximum absolute atomic E-state index is 12.2. The molecule has 2 amide bonds. The third-order valence-corrected chi connectivity index (χ3v) is 5.13. The summed E-state index contributed by atoms with van der Waals surface area (Å²) in [7, 11) is 3.14. The van der Waals surface area contributed by atoms with E-state index in [1.54, 1.807) is 57.7 Å². The van der Waals surface area contributed by atoms with Crippen LogP contribution in [0, 0.1) is 6.92 Å². The second-order valence-corrected chi connectivity index (χ2v) is 7.49. The molecule has 1 aliphatic carbocycles. The monoisotopic (exact) mass is 456 g/mol. The van der Waals surface area contributed by atoms with E-state index in [1.165, 1.54) is 0 Å². The number of nitrogens with one attached hydrogen (secondary N) is 2. The van der Waals surface area contributed by atoms with E-state index in [2.05, 4.69) is 20.8 Å². The average Bonchev–Trinajstić information content (AvgIpc) is 3.19. The number of pyridine rings is 1. The Kier molecular flexibility index (Phi) is 6.18. The molecule has 0 aliphatic heterocycles. The van der Waals surface area contributed by atoms with Gasteiger partial charge in [0.25, 0.3) is 0 Å². The molecule has 10 heteroatoms. The summed E-state index contributed by atoms with van der Waals surface area (Å²) in [5, 5.41) is 9.32. The van der Waals surface area contributed by atoms with Crippen molar-refractivity contribution in [3.8, 4) is 17.2 Å². The summed E-state index contributed by atoms with van der Waals surface area (Å²) in [6.45, 7) is 1.74. The Balaban J connectivity index is 1.50. The first kappa shape index (κ1) is 21.5. The van der Waals surface area contributed by atoms with Crippen LogP contribution in [-0.2, 0) is 0 Å². The lowest BCUT2D eigenvalue weighted by atomic mass is 10.1. The lowest BCUT2D eigenvalue weighted by Crippen LogP contribution is -2.33. The van der Waals surface area contributed by atoms with Gasteiger partial charge >= 0.3 is 6.03 Å². The number of fused-ring (bicyclic) bond motifs is 1. The highest BCUT2D eigenvalue weighted by Gasteiger charge is 2.21. The van der Waals surface area contributed by atoms with Crippen molar-refractivity contribution < 1.29 is 23.5 Å². The Morgan fingerprint density at radius 1 is 1.12 bits per heavy atom. The predicted octanol–water partition coefficient (Wildman–Crippen LogP) is 4.53. The lowest BCUT2D eigenvalue weighted by Gasteiger charge is -2.21. The minimum absolute atomic E-state index is 0.318. The fraction of sp³-hybridized carbons (Fsp3) is 0.227. The third-order valence-electron chi connectivity index (χ3n) is 4.74. The first-order valence-corrected chi connectivity index (χ1v) is 10.1. The number of halogens is 1. The molecule has 0 radical (unpaired) electrons. The van der Waals surface area contributed by atoms with Gasteiger partial charge in [0.05, 0.1) is 25.1 Å². The fourth-order valence-corrected chi connectivity index (χ4v) is 3.50. The predicted molar refractivity (Wildman–Crippen MR) is 119 cm³/mol. The molecule has 1 atom stereocenters. The van der Waals surface area contributed by atoms with Crippen molar-refractivity contribution >= 4 is 34.4 Å². The number of hydrogen-bond acceptors (Lipinski definition) is 7. The van der Waals surface area contributed by atoms with Gasteiger partial charge < -0.3 is 24.1 Å². The molecule has 0 saturated heterocycles. The molecule has 166 valence electrons. The number of allylic oxidation sites excluding steroid dienone is 4. The number of benzene rings is 1. The molecule has 32 heavy (non-hydrogen) atoms. The Hall–Kier alpha value is -3.72. The van der Waals surface area contributed by atoms with Crippen LogP contribution in [0.2, 0.25) is 0 Å². The average molecular weight is 457 g/mol. The number of urea groups is 1. The van der Waals surface area contributed by atoms with Crippen molar-refractivity contribution in [2.45, 2.75) is 18.7 Å². The molecule has 3 aromatic rings. The number of amides is 2. The van der Waals surface area contributed by atoms with Crippen molar-refractivity contribution in [1.82, 2.24) is 15.5 Å². The van der Waals surface area contributed by atoms with E-state index in [0.29, 0.717) is 52.2 Å². The number of rotatable bonds is 6. The van der Waals surface area contributed by atoms with Crippen LogP contribution in [0.1, 0.15) is 12.2 Å². The zero-order valence-corrected chi connectivity index (χ0v) is 18.4. The zero-order chi connectivity index (χ0) is 22.7. The Bertz CT molecular complexity index is 1220. The Labute approximate surface area is 189 Å². The Morgan fingerprint density at radius 3 is 2.59 bits per heavy atom. The van der Waals surface area contributed by atoms with E-state index in [4.69, 9.17) is 30.3 Å². The molecule has 1 aromatic carbocycles. The number of alkyl halides is 1. The maximum Gasteiger partial charge on any atom is 0.324 e. The van der Waals surface area contributed by atoms with Gasteiger partial charge in [0, 0.05) is 35.8 Å². The van der Waals surface area contributed by atoms with Crippen LogP contribution < -0.4 is 24.8 Å². The lowest BCUT2D eigenvalue weighted by molar-refractivity contribution is 0.253. The van der Waals surface area contributed by atoms with Crippen molar-refractivity contribution in [2.24, 2.45) is 0 Å². The summed E-state index contributed by atoms with van der Waals surface area (Å²) in [6, 6.07) is 6.52. The number of carbonyl (C=O) groups is 1. The smallest absolute Gasteiger partial charge is 0.324 e. The second-order valence-electron chi connectivity index (χ2n) is 6.96. The van der Waals surface area contributed by atoms with Crippen LogP contribution in [0.5, 0.6) is 17.2 Å². The fourth-order valence-electron chi connectivity index (χ4n) is 3.22. The van der Waals surface area contributed by atoms with Gasteiger partial charge in [0.15, 0.2) is 17.3 Å². The minimum Gasteiger partial charge on any atom is -0.493 e. The number of nitrogens with zero attached hydrogens (tertiary/aromatic N) is 2. The quantitative estimate of drug-likeness (QED) is 0.524. The molecule has 9 nitrogen and oxygen atoms in total. The number of aryl methyl sites for hydroxylation is 1. The van der Waals surface area contributed by atoms with Crippen LogP contribution >= 0.6 is 11.6 Å². The first-order chi connectivity index (χ1) is 15.5. The third kappa shape index (κ3) is 4.62. The number of methoxy groups -OCH3 is 2. The molecule has 2 heterocycles. The van der Waals surface area contributed by atoms with Gasteiger partial charge in [-0.1, -0.05) is 5.16 Å². The molecule has 0 fully saturated rings. The van der Waals surface area contributed by atoms with Gasteiger partial charge in [-0.2, -0.15) is 0 Å². The molecule has 4 rings (SSSR count). The summed E-state index contributed by atoms with van der Waals surface area (Å²) >= 11 is 6.49. The second kappa shape index (κ2) is 9.19. The van der Waals surface area contributed by atoms with Crippen LogP contribution in [0.25, 0.3) is 10.9 Å². The van der Waals surface area contributed by atoms with E-state index in [1.807, 2.05) is 6.07 Å². The molecule has 0 saturated carbocycles. The number of hydrogen-bond donors (Lipinski definition) is 2. The minimum atomic E-state index is -0.484. The van der Waals surface area contributed by atoms with Gasteiger partial charge in [-0.05, 0) is 31.2 Å². The molecule has 2 N–H and O–H groups in total. The SMILES string of the molecule is COc1cc2nccc(OC3=CC=C(NC(=O)Nc4cc(C)on4)C(Cl)C3)c2cc1OC. The van der Waals surface area contributed by atoms with Crippen LogP contribution in [0.4, 0.5) is 10.6 Å². The highest BCUT2D eigenvalue weighted by Crippen LogP contribution is 2.36. The molecule has 0 bridgehead atoms. The van der Waals surface area contributed by atoms with Gasteiger partial charge in [-0.3, -0.25) is 10.3 Å². The van der Waals surface area contributed by atoms with Gasteiger partial charge in [-0.25, -0.2) is 4.79 Å².